The molecule has 0 aromatic heterocycles. The Hall–Kier alpha value is -1.34. The van der Waals surface area contributed by atoms with E-state index in [0.717, 1.165) is 9.64 Å². The highest BCUT2D eigenvalue weighted by Crippen LogP contribution is 2.29. The molecular formula is C15H18BrN3O2S. The molecule has 22 heavy (non-hydrogen) atoms. The SMILES string of the molecule is CCN=C1S[C@@H](CC(=O)Nc2cccc(Br)c2)C(=O)N1CC. The lowest BCUT2D eigenvalue weighted by atomic mass is 10.2. The maximum Gasteiger partial charge on any atom is 0.242 e. The van der Waals surface area contributed by atoms with Gasteiger partial charge in [0.1, 0.15) is 5.25 Å². The van der Waals surface area contributed by atoms with Crippen LogP contribution < -0.4 is 5.32 Å². The second-order valence-electron chi connectivity index (χ2n) is 4.71. The molecule has 1 N–H and O–H groups in total. The van der Waals surface area contributed by atoms with Gasteiger partial charge in [-0.2, -0.15) is 0 Å². The Balaban J connectivity index is 2.00. The molecule has 0 spiro atoms. The summed E-state index contributed by atoms with van der Waals surface area (Å²) in [7, 11) is 0. The summed E-state index contributed by atoms with van der Waals surface area (Å²) >= 11 is 4.73. The van der Waals surface area contributed by atoms with Crippen LogP contribution in [0.25, 0.3) is 0 Å². The third-order valence-corrected chi connectivity index (χ3v) is 4.82. The fraction of sp³-hybridized carbons (Fsp3) is 0.400. The summed E-state index contributed by atoms with van der Waals surface area (Å²) < 4.78 is 0.895. The quantitative estimate of drug-likeness (QED) is 0.849. The van der Waals surface area contributed by atoms with Crippen molar-refractivity contribution in [1.29, 1.82) is 0 Å². The maximum atomic E-state index is 12.3. The Kier molecular flexibility index (Phi) is 6.02. The Labute approximate surface area is 142 Å². The Bertz CT molecular complexity index is 606. The molecule has 0 unspecified atom stereocenters. The highest BCUT2D eigenvalue weighted by Gasteiger charge is 2.37. The summed E-state index contributed by atoms with van der Waals surface area (Å²) in [5.41, 5.74) is 0.713. The van der Waals surface area contributed by atoms with Crippen LogP contribution in [0.2, 0.25) is 0 Å². The molecule has 0 radical (unpaired) electrons. The zero-order chi connectivity index (χ0) is 16.1. The minimum atomic E-state index is -0.391. The van der Waals surface area contributed by atoms with Crippen LogP contribution in [-0.4, -0.2) is 40.2 Å². The van der Waals surface area contributed by atoms with Crippen LogP contribution in [0.3, 0.4) is 0 Å². The number of halogens is 1. The summed E-state index contributed by atoms with van der Waals surface area (Å²) in [6, 6.07) is 7.37. The number of amides is 2. The largest absolute Gasteiger partial charge is 0.326 e. The van der Waals surface area contributed by atoms with Gasteiger partial charge in [0, 0.05) is 29.7 Å². The van der Waals surface area contributed by atoms with E-state index in [2.05, 4.69) is 26.2 Å². The molecule has 1 fully saturated rings. The molecule has 118 valence electrons. The predicted molar refractivity (Wildman–Crippen MR) is 94.1 cm³/mol. The monoisotopic (exact) mass is 383 g/mol. The molecular weight excluding hydrogens is 366 g/mol. The first-order valence-corrected chi connectivity index (χ1v) is 8.80. The lowest BCUT2D eigenvalue weighted by Gasteiger charge is -2.13. The molecule has 0 saturated carbocycles. The number of carbonyl (C=O) groups excluding carboxylic acids is 2. The van der Waals surface area contributed by atoms with Crippen LogP contribution in [0.15, 0.2) is 33.7 Å². The van der Waals surface area contributed by atoms with Gasteiger partial charge >= 0.3 is 0 Å². The van der Waals surface area contributed by atoms with E-state index in [1.54, 1.807) is 4.90 Å². The van der Waals surface area contributed by atoms with E-state index < -0.39 is 5.25 Å². The lowest BCUT2D eigenvalue weighted by molar-refractivity contribution is -0.128. The van der Waals surface area contributed by atoms with E-state index in [1.165, 1.54) is 11.8 Å². The normalized spacial score (nSPS) is 19.8. The number of nitrogens with one attached hydrogen (secondary N) is 1. The van der Waals surface area contributed by atoms with Crippen molar-refractivity contribution in [3.63, 3.8) is 0 Å². The molecule has 0 aliphatic carbocycles. The molecule has 1 aliphatic heterocycles. The van der Waals surface area contributed by atoms with Crippen LogP contribution in [0.5, 0.6) is 0 Å². The first kappa shape index (κ1) is 17.0. The number of anilines is 1. The summed E-state index contributed by atoms with van der Waals surface area (Å²) in [4.78, 5) is 30.4. The van der Waals surface area contributed by atoms with Gasteiger partial charge in [-0.05, 0) is 32.0 Å². The second-order valence-corrected chi connectivity index (χ2v) is 6.79. The first-order chi connectivity index (χ1) is 10.5. The van der Waals surface area contributed by atoms with Crippen molar-refractivity contribution in [2.24, 2.45) is 4.99 Å². The number of aliphatic imine (C=N–C) groups is 1. The highest BCUT2D eigenvalue weighted by molar-refractivity contribution is 9.10. The molecule has 1 heterocycles. The van der Waals surface area contributed by atoms with Crippen LogP contribution in [0.1, 0.15) is 20.3 Å². The molecule has 2 rings (SSSR count). The van der Waals surface area contributed by atoms with E-state index in [1.807, 2.05) is 38.1 Å². The number of amidine groups is 1. The number of nitrogens with zero attached hydrogens (tertiary/aromatic N) is 2. The number of hydrogen-bond acceptors (Lipinski definition) is 4. The zero-order valence-electron chi connectivity index (χ0n) is 12.5. The Morgan fingerprint density at radius 1 is 1.45 bits per heavy atom. The van der Waals surface area contributed by atoms with Crippen molar-refractivity contribution in [3.05, 3.63) is 28.7 Å². The fourth-order valence-corrected chi connectivity index (χ4v) is 3.80. The van der Waals surface area contributed by atoms with Crippen molar-refractivity contribution in [1.82, 2.24) is 4.90 Å². The average Bonchev–Trinajstić information content (AvgIpc) is 2.75. The molecule has 1 aromatic rings. The van der Waals surface area contributed by atoms with Crippen molar-refractivity contribution in [2.45, 2.75) is 25.5 Å². The van der Waals surface area contributed by atoms with Gasteiger partial charge in [-0.25, -0.2) is 0 Å². The van der Waals surface area contributed by atoms with Gasteiger partial charge in [0.15, 0.2) is 5.17 Å². The third-order valence-electron chi connectivity index (χ3n) is 3.11. The standard InChI is InChI=1S/C15H18BrN3O2S/c1-3-17-15-19(4-2)14(21)12(22-15)9-13(20)18-11-7-5-6-10(16)8-11/h5-8,12H,3-4,9H2,1-2H3,(H,18,20)/t12-/m0/s1. The summed E-state index contributed by atoms with van der Waals surface area (Å²) in [6.45, 7) is 5.05. The van der Waals surface area contributed by atoms with Crippen molar-refractivity contribution in [2.75, 3.05) is 18.4 Å². The fourth-order valence-electron chi connectivity index (χ4n) is 2.13. The van der Waals surface area contributed by atoms with Gasteiger partial charge in [-0.1, -0.05) is 33.8 Å². The average molecular weight is 384 g/mol. The topological polar surface area (TPSA) is 61.8 Å². The van der Waals surface area contributed by atoms with Gasteiger partial charge in [0.25, 0.3) is 0 Å². The minimum Gasteiger partial charge on any atom is -0.326 e. The van der Waals surface area contributed by atoms with Gasteiger partial charge in [0.2, 0.25) is 11.8 Å². The Morgan fingerprint density at radius 3 is 2.86 bits per heavy atom. The molecule has 1 saturated heterocycles. The van der Waals surface area contributed by atoms with Gasteiger partial charge < -0.3 is 5.32 Å². The van der Waals surface area contributed by atoms with Gasteiger partial charge in [-0.15, -0.1) is 0 Å². The summed E-state index contributed by atoms with van der Waals surface area (Å²) in [5.74, 6) is -0.207. The van der Waals surface area contributed by atoms with Crippen LogP contribution in [0.4, 0.5) is 5.69 Å². The van der Waals surface area contributed by atoms with Crippen LogP contribution in [-0.2, 0) is 9.59 Å². The van der Waals surface area contributed by atoms with Gasteiger partial charge in [-0.3, -0.25) is 19.5 Å². The number of rotatable bonds is 5. The first-order valence-electron chi connectivity index (χ1n) is 7.13. The van der Waals surface area contributed by atoms with Crippen molar-refractivity contribution >= 4 is 50.4 Å². The van der Waals surface area contributed by atoms with E-state index in [0.29, 0.717) is 18.8 Å². The van der Waals surface area contributed by atoms with E-state index >= 15 is 0 Å². The van der Waals surface area contributed by atoms with E-state index in [9.17, 15) is 9.59 Å². The number of benzene rings is 1. The number of hydrogen-bond donors (Lipinski definition) is 1. The van der Waals surface area contributed by atoms with E-state index in [-0.39, 0.29) is 18.2 Å². The molecule has 1 aromatic carbocycles. The lowest BCUT2D eigenvalue weighted by Crippen LogP contribution is -2.33. The molecule has 1 atom stereocenters. The molecule has 2 amide bonds. The molecule has 1 aliphatic rings. The smallest absolute Gasteiger partial charge is 0.242 e. The van der Waals surface area contributed by atoms with Crippen LogP contribution in [0, 0.1) is 0 Å². The summed E-state index contributed by atoms with van der Waals surface area (Å²) in [6.07, 6.45) is 0.148. The zero-order valence-corrected chi connectivity index (χ0v) is 14.9. The molecule has 7 heteroatoms. The maximum absolute atomic E-state index is 12.3. The number of carbonyl (C=O) groups is 2. The second kappa shape index (κ2) is 7.78. The van der Waals surface area contributed by atoms with Crippen LogP contribution >= 0.6 is 27.7 Å². The number of thioether (sulfide) groups is 1. The molecule has 5 nitrogen and oxygen atoms in total. The van der Waals surface area contributed by atoms with Crippen molar-refractivity contribution < 1.29 is 9.59 Å². The Morgan fingerprint density at radius 2 is 2.23 bits per heavy atom. The predicted octanol–water partition coefficient (Wildman–Crippen LogP) is 3.12. The third kappa shape index (κ3) is 4.10. The minimum absolute atomic E-state index is 0.0379. The van der Waals surface area contributed by atoms with Gasteiger partial charge in [0.05, 0.1) is 0 Å². The summed E-state index contributed by atoms with van der Waals surface area (Å²) in [5, 5.41) is 3.14. The highest BCUT2D eigenvalue weighted by atomic mass is 79.9. The van der Waals surface area contributed by atoms with Crippen molar-refractivity contribution in [3.8, 4) is 0 Å². The van der Waals surface area contributed by atoms with E-state index in [4.69, 9.17) is 0 Å². The molecule has 0 bridgehead atoms.